The second kappa shape index (κ2) is 5.17. The Morgan fingerprint density at radius 3 is 2.29 bits per heavy atom. The van der Waals surface area contributed by atoms with Crippen molar-refractivity contribution in [3.8, 4) is 0 Å². The maximum atomic E-state index is 12.4. The van der Waals surface area contributed by atoms with Gasteiger partial charge >= 0.3 is 11.1 Å². The van der Waals surface area contributed by atoms with E-state index >= 15 is 0 Å². The number of aromatic nitrogens is 2. The van der Waals surface area contributed by atoms with Crippen LogP contribution in [0, 0.1) is 0 Å². The maximum Gasteiger partial charge on any atom is 0.314 e. The zero-order valence-electron chi connectivity index (χ0n) is 11.7. The van der Waals surface area contributed by atoms with Crippen LogP contribution in [0.2, 0.25) is 0 Å². The van der Waals surface area contributed by atoms with Gasteiger partial charge in [0.2, 0.25) is 0 Å². The van der Waals surface area contributed by atoms with E-state index in [2.05, 4.69) is 14.9 Å². The molecular formula is C14H16N4O3. The molecule has 1 saturated heterocycles. The number of hydrogen-bond acceptors (Lipinski definition) is 4. The first-order chi connectivity index (χ1) is 10.0. The van der Waals surface area contributed by atoms with Crippen LogP contribution in [0.5, 0.6) is 0 Å². The summed E-state index contributed by atoms with van der Waals surface area (Å²) in [7, 11) is 2.03. The molecule has 0 atom stereocenters. The number of carbonyl (C=O) groups is 1. The highest BCUT2D eigenvalue weighted by molar-refractivity contribution is 5.97. The van der Waals surface area contributed by atoms with Crippen molar-refractivity contribution in [3.63, 3.8) is 0 Å². The number of rotatable bonds is 1. The number of nitrogens with one attached hydrogen (secondary N) is 2. The minimum atomic E-state index is -0.716. The van der Waals surface area contributed by atoms with Gasteiger partial charge in [0.05, 0.1) is 11.0 Å². The van der Waals surface area contributed by atoms with E-state index in [-0.39, 0.29) is 5.91 Å². The minimum absolute atomic E-state index is 0.0583. The standard InChI is InChI=1S/C14H16N4O3/c1-17-4-6-18(7-5-17)14(21)9-2-3-10-11(8-9)16-13(20)12(19)15-10/h2-3,8H,4-7H2,1H3,(H,15,19)(H,16,20). The first-order valence-electron chi connectivity index (χ1n) is 6.79. The molecule has 1 fully saturated rings. The number of nitrogens with zero attached hydrogens (tertiary/aromatic N) is 2. The average Bonchev–Trinajstić information content (AvgIpc) is 2.48. The fourth-order valence-electron chi connectivity index (χ4n) is 2.44. The summed E-state index contributed by atoms with van der Waals surface area (Å²) in [6.07, 6.45) is 0. The van der Waals surface area contributed by atoms with Crippen LogP contribution in [-0.4, -0.2) is 58.9 Å². The van der Waals surface area contributed by atoms with Crippen molar-refractivity contribution in [2.45, 2.75) is 0 Å². The van der Waals surface area contributed by atoms with E-state index in [4.69, 9.17) is 0 Å². The molecule has 2 aromatic rings. The number of aromatic amines is 2. The Kier molecular flexibility index (Phi) is 3.34. The van der Waals surface area contributed by atoms with Gasteiger partial charge in [-0.1, -0.05) is 0 Å². The van der Waals surface area contributed by atoms with Crippen LogP contribution >= 0.6 is 0 Å². The zero-order chi connectivity index (χ0) is 15.0. The van der Waals surface area contributed by atoms with Crippen LogP contribution in [-0.2, 0) is 0 Å². The van der Waals surface area contributed by atoms with Crippen molar-refractivity contribution < 1.29 is 4.79 Å². The summed E-state index contributed by atoms with van der Waals surface area (Å²) < 4.78 is 0. The monoisotopic (exact) mass is 288 g/mol. The lowest BCUT2D eigenvalue weighted by Gasteiger charge is -2.32. The van der Waals surface area contributed by atoms with Gasteiger partial charge in [-0.15, -0.1) is 0 Å². The lowest BCUT2D eigenvalue weighted by atomic mass is 10.1. The van der Waals surface area contributed by atoms with Gasteiger partial charge < -0.3 is 19.8 Å². The van der Waals surface area contributed by atoms with E-state index in [1.165, 1.54) is 0 Å². The summed E-state index contributed by atoms with van der Waals surface area (Å²) in [5, 5.41) is 0. The Bertz CT molecular complexity index is 800. The maximum absolute atomic E-state index is 12.4. The van der Waals surface area contributed by atoms with Crippen molar-refractivity contribution in [3.05, 3.63) is 44.5 Å². The topological polar surface area (TPSA) is 89.3 Å². The molecule has 0 spiro atoms. The zero-order valence-corrected chi connectivity index (χ0v) is 11.7. The molecule has 21 heavy (non-hydrogen) atoms. The normalized spacial score (nSPS) is 16.3. The van der Waals surface area contributed by atoms with Crippen molar-refractivity contribution in [2.24, 2.45) is 0 Å². The van der Waals surface area contributed by atoms with Crippen LogP contribution in [0.4, 0.5) is 0 Å². The van der Waals surface area contributed by atoms with Gasteiger partial charge in [0, 0.05) is 31.7 Å². The lowest BCUT2D eigenvalue weighted by molar-refractivity contribution is 0.0664. The van der Waals surface area contributed by atoms with Crippen LogP contribution in [0.15, 0.2) is 27.8 Å². The SMILES string of the molecule is CN1CCN(C(=O)c2ccc3[nH]c(=O)c(=O)[nH]c3c2)CC1. The Hall–Kier alpha value is -2.41. The fraction of sp³-hybridized carbons (Fsp3) is 0.357. The fourth-order valence-corrected chi connectivity index (χ4v) is 2.44. The quantitative estimate of drug-likeness (QED) is 0.699. The van der Waals surface area contributed by atoms with Gasteiger partial charge in [-0.2, -0.15) is 0 Å². The Morgan fingerprint density at radius 2 is 1.62 bits per heavy atom. The Labute approximate surface area is 120 Å². The molecule has 1 aliphatic heterocycles. The summed E-state index contributed by atoms with van der Waals surface area (Å²) in [5.41, 5.74) is 0.0659. The highest BCUT2D eigenvalue weighted by Gasteiger charge is 2.20. The van der Waals surface area contributed by atoms with Gasteiger partial charge in [0.25, 0.3) is 5.91 Å². The van der Waals surface area contributed by atoms with Gasteiger partial charge in [0.15, 0.2) is 0 Å². The third-order valence-electron chi connectivity index (χ3n) is 3.76. The highest BCUT2D eigenvalue weighted by Crippen LogP contribution is 2.13. The van der Waals surface area contributed by atoms with Crippen molar-refractivity contribution >= 4 is 16.9 Å². The number of fused-ring (bicyclic) bond motifs is 1. The molecule has 1 amide bonds. The molecule has 1 aromatic heterocycles. The van der Waals surface area contributed by atoms with Crippen LogP contribution in [0.1, 0.15) is 10.4 Å². The number of likely N-dealkylation sites (N-methyl/N-ethyl adjacent to an activating group) is 1. The highest BCUT2D eigenvalue weighted by atomic mass is 16.2. The lowest BCUT2D eigenvalue weighted by Crippen LogP contribution is -2.47. The Balaban J connectivity index is 1.93. The molecule has 0 aliphatic carbocycles. The van der Waals surface area contributed by atoms with Crippen molar-refractivity contribution in [2.75, 3.05) is 33.2 Å². The third kappa shape index (κ3) is 2.59. The minimum Gasteiger partial charge on any atom is -0.336 e. The molecule has 2 heterocycles. The third-order valence-corrected chi connectivity index (χ3v) is 3.76. The molecule has 1 aliphatic rings. The summed E-state index contributed by atoms with van der Waals surface area (Å²) >= 11 is 0. The number of piperazine rings is 1. The predicted octanol–water partition coefficient (Wildman–Crippen LogP) is -0.396. The number of amides is 1. The molecule has 0 radical (unpaired) electrons. The number of carbonyl (C=O) groups excluding carboxylic acids is 1. The van der Waals surface area contributed by atoms with E-state index < -0.39 is 11.1 Å². The predicted molar refractivity (Wildman–Crippen MR) is 78.6 cm³/mol. The first-order valence-corrected chi connectivity index (χ1v) is 6.79. The van der Waals surface area contributed by atoms with Gasteiger partial charge in [-0.25, -0.2) is 0 Å². The molecule has 7 heteroatoms. The van der Waals surface area contributed by atoms with Crippen molar-refractivity contribution in [1.82, 2.24) is 19.8 Å². The molecule has 3 rings (SSSR count). The number of benzene rings is 1. The van der Waals surface area contributed by atoms with E-state index in [1.54, 1.807) is 23.1 Å². The molecule has 1 aromatic carbocycles. The van der Waals surface area contributed by atoms with E-state index in [0.717, 1.165) is 13.1 Å². The first kappa shape index (κ1) is 13.6. The summed E-state index contributed by atoms with van der Waals surface area (Å²) in [6, 6.07) is 4.90. The molecule has 0 saturated carbocycles. The summed E-state index contributed by atoms with van der Waals surface area (Å²) in [4.78, 5) is 44.0. The van der Waals surface area contributed by atoms with Gasteiger partial charge in [-0.05, 0) is 25.2 Å². The van der Waals surface area contributed by atoms with E-state index in [1.807, 2.05) is 7.05 Å². The average molecular weight is 288 g/mol. The van der Waals surface area contributed by atoms with Gasteiger partial charge in [0.1, 0.15) is 0 Å². The van der Waals surface area contributed by atoms with Crippen LogP contribution < -0.4 is 11.1 Å². The summed E-state index contributed by atoms with van der Waals surface area (Å²) in [6.45, 7) is 3.08. The van der Waals surface area contributed by atoms with Gasteiger partial charge in [-0.3, -0.25) is 14.4 Å². The van der Waals surface area contributed by atoms with Crippen LogP contribution in [0.25, 0.3) is 11.0 Å². The van der Waals surface area contributed by atoms with Crippen molar-refractivity contribution in [1.29, 1.82) is 0 Å². The number of H-pyrrole nitrogens is 2. The molecule has 0 bridgehead atoms. The second-order valence-corrected chi connectivity index (χ2v) is 5.26. The Morgan fingerprint density at radius 1 is 1.00 bits per heavy atom. The largest absolute Gasteiger partial charge is 0.336 e. The van der Waals surface area contributed by atoms with E-state index in [9.17, 15) is 14.4 Å². The van der Waals surface area contributed by atoms with Crippen LogP contribution in [0.3, 0.4) is 0 Å². The van der Waals surface area contributed by atoms with E-state index in [0.29, 0.717) is 29.7 Å². The number of hydrogen-bond donors (Lipinski definition) is 2. The second-order valence-electron chi connectivity index (χ2n) is 5.26. The molecular weight excluding hydrogens is 272 g/mol. The molecule has 2 N–H and O–H groups in total. The molecule has 0 unspecified atom stereocenters. The molecule has 110 valence electrons. The molecule has 7 nitrogen and oxygen atoms in total. The summed E-state index contributed by atoms with van der Waals surface area (Å²) in [5.74, 6) is -0.0583. The smallest absolute Gasteiger partial charge is 0.314 e.